The van der Waals surface area contributed by atoms with Crippen LogP contribution in [0.15, 0.2) is 48.5 Å². The Balaban J connectivity index is 2.04. The molecule has 0 saturated heterocycles. The zero-order valence-electron chi connectivity index (χ0n) is 11.7. The summed E-state index contributed by atoms with van der Waals surface area (Å²) in [5.41, 5.74) is 5.63. The second-order valence-electron chi connectivity index (χ2n) is 5.29. The molecule has 0 fully saturated rings. The Hall–Kier alpha value is -1.60. The van der Waals surface area contributed by atoms with Crippen LogP contribution in [-0.2, 0) is 0 Å². The highest BCUT2D eigenvalue weighted by molar-refractivity contribution is 5.78. The molecule has 1 nitrogen and oxygen atoms in total. The lowest BCUT2D eigenvalue weighted by Crippen LogP contribution is -2.31. The van der Waals surface area contributed by atoms with E-state index in [1.807, 2.05) is 0 Å². The van der Waals surface area contributed by atoms with Crippen molar-refractivity contribution in [2.24, 2.45) is 0 Å². The van der Waals surface area contributed by atoms with Gasteiger partial charge in [0.15, 0.2) is 0 Å². The first kappa shape index (κ1) is 12.4. The Kier molecular flexibility index (Phi) is 3.39. The van der Waals surface area contributed by atoms with Crippen LogP contribution in [-0.4, -0.2) is 6.04 Å². The summed E-state index contributed by atoms with van der Waals surface area (Å²) in [4.78, 5) is 0. The molecular formula is C18H21N. The topological polar surface area (TPSA) is 12.0 Å². The van der Waals surface area contributed by atoms with Crippen LogP contribution in [0.4, 0.5) is 0 Å². The number of benzene rings is 2. The molecule has 1 aliphatic carbocycles. The highest BCUT2D eigenvalue weighted by atomic mass is 15.0. The van der Waals surface area contributed by atoms with Gasteiger partial charge < -0.3 is 5.32 Å². The van der Waals surface area contributed by atoms with E-state index < -0.39 is 0 Å². The van der Waals surface area contributed by atoms with Gasteiger partial charge in [-0.3, -0.25) is 0 Å². The molecule has 19 heavy (non-hydrogen) atoms. The van der Waals surface area contributed by atoms with E-state index in [1.165, 1.54) is 35.1 Å². The van der Waals surface area contributed by atoms with Crippen LogP contribution in [0, 0.1) is 0 Å². The van der Waals surface area contributed by atoms with Gasteiger partial charge in [-0.1, -0.05) is 62.4 Å². The summed E-state index contributed by atoms with van der Waals surface area (Å²) in [6, 6.07) is 18.5. The molecule has 0 aromatic heterocycles. The quantitative estimate of drug-likeness (QED) is 0.841. The Bertz CT molecular complexity index is 524. The van der Waals surface area contributed by atoms with E-state index in [4.69, 9.17) is 0 Å². The predicted molar refractivity (Wildman–Crippen MR) is 81.2 cm³/mol. The first-order valence-electron chi connectivity index (χ1n) is 7.29. The Labute approximate surface area is 115 Å². The van der Waals surface area contributed by atoms with Crippen LogP contribution in [0.25, 0.3) is 11.1 Å². The molecule has 0 unspecified atom stereocenters. The molecule has 0 amide bonds. The second-order valence-corrected chi connectivity index (χ2v) is 5.29. The van der Waals surface area contributed by atoms with Gasteiger partial charge in [-0.15, -0.1) is 0 Å². The van der Waals surface area contributed by atoms with Crippen LogP contribution in [0.2, 0.25) is 0 Å². The molecule has 1 N–H and O–H groups in total. The molecule has 0 atom stereocenters. The zero-order valence-corrected chi connectivity index (χ0v) is 11.7. The van der Waals surface area contributed by atoms with Crippen molar-refractivity contribution in [2.75, 3.05) is 0 Å². The smallest absolute Gasteiger partial charge is 0.0591 e. The van der Waals surface area contributed by atoms with Crippen LogP contribution < -0.4 is 5.32 Å². The molecule has 98 valence electrons. The Morgan fingerprint density at radius 2 is 1.32 bits per heavy atom. The second kappa shape index (κ2) is 5.18. The SMILES string of the molecule is CCC(CC)NC1c2ccccc2-c2ccccc21. The first-order valence-corrected chi connectivity index (χ1v) is 7.29. The summed E-state index contributed by atoms with van der Waals surface area (Å²) in [5.74, 6) is 0. The van der Waals surface area contributed by atoms with Gasteiger partial charge in [0.25, 0.3) is 0 Å². The molecule has 0 bridgehead atoms. The summed E-state index contributed by atoms with van der Waals surface area (Å²) in [7, 11) is 0. The van der Waals surface area contributed by atoms with Crippen molar-refractivity contribution in [3.8, 4) is 11.1 Å². The fourth-order valence-electron chi connectivity index (χ4n) is 3.10. The molecule has 0 spiro atoms. The van der Waals surface area contributed by atoms with Crippen molar-refractivity contribution in [3.05, 3.63) is 59.7 Å². The van der Waals surface area contributed by atoms with Crippen molar-refractivity contribution in [1.29, 1.82) is 0 Å². The lowest BCUT2D eigenvalue weighted by molar-refractivity contribution is 0.451. The first-order chi connectivity index (χ1) is 9.35. The van der Waals surface area contributed by atoms with Gasteiger partial charge in [-0.05, 0) is 35.1 Å². The minimum absolute atomic E-state index is 0.359. The third-order valence-electron chi connectivity index (χ3n) is 4.22. The summed E-state index contributed by atoms with van der Waals surface area (Å²) in [6.45, 7) is 4.52. The maximum Gasteiger partial charge on any atom is 0.0591 e. The summed E-state index contributed by atoms with van der Waals surface area (Å²) in [6.07, 6.45) is 2.36. The maximum atomic E-state index is 3.83. The van der Waals surface area contributed by atoms with Crippen LogP contribution in [0.3, 0.4) is 0 Å². The van der Waals surface area contributed by atoms with Gasteiger partial charge in [0.05, 0.1) is 6.04 Å². The monoisotopic (exact) mass is 251 g/mol. The van der Waals surface area contributed by atoms with Crippen molar-refractivity contribution in [1.82, 2.24) is 5.32 Å². The normalized spacial score (nSPS) is 13.6. The van der Waals surface area contributed by atoms with Gasteiger partial charge >= 0.3 is 0 Å². The van der Waals surface area contributed by atoms with Gasteiger partial charge in [0, 0.05) is 6.04 Å². The average Bonchev–Trinajstić information content (AvgIpc) is 2.79. The van der Waals surface area contributed by atoms with Gasteiger partial charge in [0.2, 0.25) is 0 Å². The number of nitrogens with one attached hydrogen (secondary N) is 1. The molecule has 0 saturated carbocycles. The van der Waals surface area contributed by atoms with E-state index in [-0.39, 0.29) is 0 Å². The van der Waals surface area contributed by atoms with E-state index in [0.717, 1.165) is 0 Å². The standard InChI is InChI=1S/C18H21N/c1-3-13(4-2)19-18-16-11-7-5-9-14(16)15-10-6-8-12-17(15)18/h5-13,18-19H,3-4H2,1-2H3. The number of hydrogen-bond donors (Lipinski definition) is 1. The number of rotatable bonds is 4. The lowest BCUT2D eigenvalue weighted by Gasteiger charge is -2.22. The molecule has 1 aliphatic rings. The summed E-state index contributed by atoms with van der Waals surface area (Å²) in [5, 5.41) is 3.83. The lowest BCUT2D eigenvalue weighted by atomic mass is 10.0. The Morgan fingerprint density at radius 3 is 1.79 bits per heavy atom. The van der Waals surface area contributed by atoms with Crippen molar-refractivity contribution in [3.63, 3.8) is 0 Å². The molecule has 2 aromatic rings. The fraction of sp³-hybridized carbons (Fsp3) is 0.333. The third kappa shape index (κ3) is 2.08. The molecule has 0 aliphatic heterocycles. The minimum atomic E-state index is 0.359. The van der Waals surface area contributed by atoms with Crippen molar-refractivity contribution in [2.45, 2.75) is 38.8 Å². The highest BCUT2D eigenvalue weighted by Crippen LogP contribution is 2.43. The largest absolute Gasteiger partial charge is 0.303 e. The van der Waals surface area contributed by atoms with Gasteiger partial charge in [-0.2, -0.15) is 0 Å². The number of fused-ring (bicyclic) bond motifs is 3. The van der Waals surface area contributed by atoms with Crippen LogP contribution in [0.5, 0.6) is 0 Å². The third-order valence-corrected chi connectivity index (χ3v) is 4.22. The predicted octanol–water partition coefficient (Wildman–Crippen LogP) is 4.53. The van der Waals surface area contributed by atoms with E-state index in [1.54, 1.807) is 0 Å². The molecule has 3 rings (SSSR count). The summed E-state index contributed by atoms with van der Waals surface area (Å²) < 4.78 is 0. The zero-order chi connectivity index (χ0) is 13.2. The number of hydrogen-bond acceptors (Lipinski definition) is 1. The van der Waals surface area contributed by atoms with Crippen LogP contribution in [0.1, 0.15) is 43.9 Å². The van der Waals surface area contributed by atoms with Crippen molar-refractivity contribution < 1.29 is 0 Å². The molecular weight excluding hydrogens is 230 g/mol. The van der Waals surface area contributed by atoms with Crippen LogP contribution >= 0.6 is 0 Å². The minimum Gasteiger partial charge on any atom is -0.303 e. The fourth-order valence-corrected chi connectivity index (χ4v) is 3.10. The van der Waals surface area contributed by atoms with Gasteiger partial charge in [-0.25, -0.2) is 0 Å². The average molecular weight is 251 g/mol. The summed E-state index contributed by atoms with van der Waals surface area (Å²) >= 11 is 0. The Morgan fingerprint density at radius 1 is 0.842 bits per heavy atom. The van der Waals surface area contributed by atoms with E-state index >= 15 is 0 Å². The van der Waals surface area contributed by atoms with E-state index in [2.05, 4.69) is 67.7 Å². The van der Waals surface area contributed by atoms with E-state index in [9.17, 15) is 0 Å². The molecule has 0 radical (unpaired) electrons. The highest BCUT2D eigenvalue weighted by Gasteiger charge is 2.28. The van der Waals surface area contributed by atoms with Crippen molar-refractivity contribution >= 4 is 0 Å². The molecule has 0 heterocycles. The molecule has 1 heteroatoms. The molecule has 2 aromatic carbocycles. The van der Waals surface area contributed by atoms with Gasteiger partial charge in [0.1, 0.15) is 0 Å². The maximum absolute atomic E-state index is 3.83. The van der Waals surface area contributed by atoms with E-state index in [0.29, 0.717) is 12.1 Å².